The minimum absolute atomic E-state index is 0.0640. The fourth-order valence-electron chi connectivity index (χ4n) is 4.42. The first-order chi connectivity index (χ1) is 15.0. The van der Waals surface area contributed by atoms with Crippen molar-refractivity contribution in [3.05, 3.63) is 58.6 Å². The van der Waals surface area contributed by atoms with Gasteiger partial charge in [-0.1, -0.05) is 29.8 Å². The van der Waals surface area contributed by atoms with Crippen molar-refractivity contribution in [2.45, 2.75) is 25.8 Å². The first kappa shape index (κ1) is 21.7. The van der Waals surface area contributed by atoms with Gasteiger partial charge in [-0.05, 0) is 48.7 Å². The zero-order valence-corrected chi connectivity index (χ0v) is 18.8. The standard InChI is InChI=1S/C24H28ClN3O3/c1-17-3-6-19(25)15-21(17)26-11-13-27(14-12-26)22-16-23(29)28(24(22)30)10-9-18-4-7-20(31-2)8-5-18/h3-8,15,22H,9-14,16H2,1-2H3/t22-/m0/s1. The lowest BCUT2D eigenvalue weighted by atomic mass is 10.1. The number of nitrogens with zero attached hydrogens (tertiary/aromatic N) is 3. The highest BCUT2D eigenvalue weighted by molar-refractivity contribution is 6.30. The SMILES string of the molecule is COc1ccc(CCN2C(=O)C[C@H](N3CCN(c4cc(Cl)ccc4C)CC3)C2=O)cc1. The molecule has 2 aliphatic rings. The number of hydrogen-bond donors (Lipinski definition) is 0. The zero-order chi connectivity index (χ0) is 22.0. The first-order valence-corrected chi connectivity index (χ1v) is 11.1. The summed E-state index contributed by atoms with van der Waals surface area (Å²) < 4.78 is 5.18. The van der Waals surface area contributed by atoms with Gasteiger partial charge in [-0.15, -0.1) is 0 Å². The number of ether oxygens (including phenoxy) is 1. The van der Waals surface area contributed by atoms with Crippen molar-refractivity contribution < 1.29 is 14.3 Å². The lowest BCUT2D eigenvalue weighted by Gasteiger charge is -2.38. The summed E-state index contributed by atoms with van der Waals surface area (Å²) >= 11 is 6.18. The number of halogens is 1. The van der Waals surface area contributed by atoms with E-state index in [-0.39, 0.29) is 24.3 Å². The van der Waals surface area contributed by atoms with E-state index in [0.717, 1.165) is 48.2 Å². The molecule has 0 aliphatic carbocycles. The van der Waals surface area contributed by atoms with E-state index in [9.17, 15) is 9.59 Å². The van der Waals surface area contributed by atoms with Gasteiger partial charge in [-0.25, -0.2) is 0 Å². The summed E-state index contributed by atoms with van der Waals surface area (Å²) in [6.45, 7) is 5.62. The highest BCUT2D eigenvalue weighted by Gasteiger charge is 2.42. The molecule has 2 saturated heterocycles. The van der Waals surface area contributed by atoms with Crippen molar-refractivity contribution in [3.63, 3.8) is 0 Å². The number of imide groups is 1. The van der Waals surface area contributed by atoms with Crippen LogP contribution in [0.15, 0.2) is 42.5 Å². The van der Waals surface area contributed by atoms with Crippen molar-refractivity contribution in [3.8, 4) is 5.75 Å². The molecule has 2 aliphatic heterocycles. The Kier molecular flexibility index (Phi) is 6.49. The molecule has 2 aromatic carbocycles. The fraction of sp³-hybridized carbons (Fsp3) is 0.417. The highest BCUT2D eigenvalue weighted by Crippen LogP contribution is 2.27. The molecule has 0 spiro atoms. The van der Waals surface area contributed by atoms with Gasteiger partial charge in [0.2, 0.25) is 11.8 Å². The first-order valence-electron chi connectivity index (χ1n) is 10.7. The van der Waals surface area contributed by atoms with Crippen LogP contribution >= 0.6 is 11.6 Å². The van der Waals surface area contributed by atoms with Crippen LogP contribution in [0.3, 0.4) is 0 Å². The Labute approximate surface area is 188 Å². The number of amides is 2. The predicted molar refractivity (Wildman–Crippen MR) is 122 cm³/mol. The molecule has 0 saturated carbocycles. The van der Waals surface area contributed by atoms with Crippen LogP contribution in [0.4, 0.5) is 5.69 Å². The normalized spacial score (nSPS) is 19.9. The molecule has 164 valence electrons. The van der Waals surface area contributed by atoms with Crippen molar-refractivity contribution >= 4 is 29.1 Å². The van der Waals surface area contributed by atoms with Crippen LogP contribution in [0.2, 0.25) is 5.02 Å². The monoisotopic (exact) mass is 441 g/mol. The van der Waals surface area contributed by atoms with Crippen LogP contribution < -0.4 is 9.64 Å². The molecular weight excluding hydrogens is 414 g/mol. The van der Waals surface area contributed by atoms with E-state index in [1.165, 1.54) is 10.5 Å². The third-order valence-electron chi connectivity index (χ3n) is 6.27. The maximum atomic E-state index is 13.0. The van der Waals surface area contributed by atoms with Gasteiger partial charge in [0.25, 0.3) is 0 Å². The van der Waals surface area contributed by atoms with E-state index >= 15 is 0 Å². The van der Waals surface area contributed by atoms with Gasteiger partial charge in [-0.3, -0.25) is 19.4 Å². The largest absolute Gasteiger partial charge is 0.497 e. The summed E-state index contributed by atoms with van der Waals surface area (Å²) in [5.41, 5.74) is 3.41. The average Bonchev–Trinajstić information content (AvgIpc) is 3.07. The zero-order valence-electron chi connectivity index (χ0n) is 18.0. The minimum atomic E-state index is -0.342. The van der Waals surface area contributed by atoms with Crippen molar-refractivity contribution in [2.75, 3.05) is 44.7 Å². The van der Waals surface area contributed by atoms with Crippen LogP contribution in [-0.2, 0) is 16.0 Å². The Morgan fingerprint density at radius 3 is 2.42 bits per heavy atom. The van der Waals surface area contributed by atoms with Crippen molar-refractivity contribution in [2.24, 2.45) is 0 Å². The molecule has 2 fully saturated rings. The van der Waals surface area contributed by atoms with E-state index in [2.05, 4.69) is 16.7 Å². The van der Waals surface area contributed by atoms with E-state index in [1.54, 1.807) is 7.11 Å². The molecule has 0 unspecified atom stereocenters. The minimum Gasteiger partial charge on any atom is -0.497 e. The lowest BCUT2D eigenvalue weighted by Crippen LogP contribution is -2.52. The molecule has 31 heavy (non-hydrogen) atoms. The smallest absolute Gasteiger partial charge is 0.247 e. The Bertz CT molecular complexity index is 955. The number of aryl methyl sites for hydroxylation is 1. The number of carbonyl (C=O) groups excluding carboxylic acids is 2. The molecule has 0 N–H and O–H groups in total. The molecule has 1 atom stereocenters. The molecule has 2 amide bonds. The third-order valence-corrected chi connectivity index (χ3v) is 6.51. The van der Waals surface area contributed by atoms with Crippen LogP contribution in [0.1, 0.15) is 17.5 Å². The van der Waals surface area contributed by atoms with E-state index < -0.39 is 0 Å². The van der Waals surface area contributed by atoms with Gasteiger partial charge >= 0.3 is 0 Å². The number of likely N-dealkylation sites (tertiary alicyclic amines) is 1. The second-order valence-electron chi connectivity index (χ2n) is 8.16. The van der Waals surface area contributed by atoms with Crippen LogP contribution in [-0.4, -0.2) is 67.5 Å². The second kappa shape index (κ2) is 9.28. The van der Waals surface area contributed by atoms with Crippen molar-refractivity contribution in [1.29, 1.82) is 0 Å². The highest BCUT2D eigenvalue weighted by atomic mass is 35.5. The summed E-state index contributed by atoms with van der Waals surface area (Å²) in [5.74, 6) is 0.659. The molecule has 0 bridgehead atoms. The molecule has 2 heterocycles. The van der Waals surface area contributed by atoms with Crippen LogP contribution in [0, 0.1) is 6.92 Å². The van der Waals surface area contributed by atoms with Gasteiger partial charge in [0.05, 0.1) is 19.6 Å². The molecule has 7 heteroatoms. The maximum Gasteiger partial charge on any atom is 0.247 e. The Morgan fingerprint density at radius 1 is 1.03 bits per heavy atom. The third kappa shape index (κ3) is 4.70. The fourth-order valence-corrected chi connectivity index (χ4v) is 4.58. The molecule has 4 rings (SSSR count). The number of piperazine rings is 1. The van der Waals surface area contributed by atoms with Gasteiger partial charge in [0.15, 0.2) is 0 Å². The number of hydrogen-bond acceptors (Lipinski definition) is 5. The summed E-state index contributed by atoms with van der Waals surface area (Å²) in [5, 5.41) is 0.729. The quantitative estimate of drug-likeness (QED) is 0.644. The van der Waals surface area contributed by atoms with Crippen LogP contribution in [0.5, 0.6) is 5.75 Å². The molecule has 0 aromatic heterocycles. The second-order valence-corrected chi connectivity index (χ2v) is 8.59. The number of anilines is 1. The summed E-state index contributed by atoms with van der Waals surface area (Å²) in [6.07, 6.45) is 0.924. The number of methoxy groups -OCH3 is 1. The van der Waals surface area contributed by atoms with Gasteiger partial charge in [0.1, 0.15) is 5.75 Å². The molecular formula is C24H28ClN3O3. The number of rotatable bonds is 6. The van der Waals surface area contributed by atoms with Gasteiger partial charge in [-0.2, -0.15) is 0 Å². The topological polar surface area (TPSA) is 53.1 Å². The van der Waals surface area contributed by atoms with E-state index in [1.807, 2.05) is 42.5 Å². The Balaban J connectivity index is 1.34. The number of benzene rings is 2. The van der Waals surface area contributed by atoms with E-state index in [0.29, 0.717) is 13.0 Å². The summed E-state index contributed by atoms with van der Waals surface area (Å²) in [7, 11) is 1.63. The molecule has 6 nitrogen and oxygen atoms in total. The Hall–Kier alpha value is -2.57. The number of carbonyl (C=O) groups is 2. The molecule has 2 aromatic rings. The van der Waals surface area contributed by atoms with Crippen LogP contribution in [0.25, 0.3) is 0 Å². The average molecular weight is 442 g/mol. The van der Waals surface area contributed by atoms with Gasteiger partial charge < -0.3 is 9.64 Å². The Morgan fingerprint density at radius 2 is 1.74 bits per heavy atom. The maximum absolute atomic E-state index is 13.0. The summed E-state index contributed by atoms with van der Waals surface area (Å²) in [6, 6.07) is 13.3. The summed E-state index contributed by atoms with van der Waals surface area (Å²) in [4.78, 5) is 31.5. The molecule has 0 radical (unpaired) electrons. The van der Waals surface area contributed by atoms with Crippen molar-refractivity contribution in [1.82, 2.24) is 9.80 Å². The lowest BCUT2D eigenvalue weighted by molar-refractivity contribution is -0.139. The van der Waals surface area contributed by atoms with Gasteiger partial charge in [0, 0.05) is 43.4 Å². The van der Waals surface area contributed by atoms with E-state index in [4.69, 9.17) is 16.3 Å². The predicted octanol–water partition coefficient (Wildman–Crippen LogP) is 3.15.